The van der Waals surface area contributed by atoms with Crippen LogP contribution in [-0.4, -0.2) is 38.0 Å². The van der Waals surface area contributed by atoms with Gasteiger partial charge in [0.05, 0.1) is 31.5 Å². The van der Waals surface area contributed by atoms with E-state index in [0.29, 0.717) is 41.8 Å². The number of benzene rings is 1. The molecule has 1 saturated carbocycles. The van der Waals surface area contributed by atoms with Crippen molar-refractivity contribution in [2.75, 3.05) is 13.2 Å². The molecule has 0 radical (unpaired) electrons. The summed E-state index contributed by atoms with van der Waals surface area (Å²) in [6.45, 7) is 5.27. The van der Waals surface area contributed by atoms with Gasteiger partial charge in [0.15, 0.2) is 5.52 Å². The Morgan fingerprint density at radius 2 is 2.04 bits per heavy atom. The first-order valence-electron chi connectivity index (χ1n) is 8.48. The van der Waals surface area contributed by atoms with E-state index in [-0.39, 0.29) is 29.5 Å². The molecule has 7 nitrogen and oxygen atoms in total. The molecule has 26 heavy (non-hydrogen) atoms. The van der Waals surface area contributed by atoms with E-state index in [1.54, 1.807) is 29.0 Å². The molecular weight excluding hydrogens is 337 g/mol. The summed E-state index contributed by atoms with van der Waals surface area (Å²) in [6.07, 6.45) is 1.56. The van der Waals surface area contributed by atoms with E-state index in [1.807, 2.05) is 0 Å². The minimum absolute atomic E-state index is 0.0389. The Balaban J connectivity index is 1.59. The summed E-state index contributed by atoms with van der Waals surface area (Å²) < 4.78 is 22.3. The minimum Gasteiger partial charge on any atom is -0.381 e. The van der Waals surface area contributed by atoms with Gasteiger partial charge in [-0.1, -0.05) is 30.0 Å². The van der Waals surface area contributed by atoms with Gasteiger partial charge in [0.2, 0.25) is 0 Å². The van der Waals surface area contributed by atoms with Crippen molar-refractivity contribution in [2.24, 2.45) is 11.8 Å². The van der Waals surface area contributed by atoms with Crippen LogP contribution in [0.4, 0.5) is 4.39 Å². The second kappa shape index (κ2) is 5.57. The molecular formula is C18H16FN5O2. The Kier molecular flexibility index (Phi) is 3.30. The van der Waals surface area contributed by atoms with Crippen molar-refractivity contribution in [1.29, 1.82) is 0 Å². The predicted molar refractivity (Wildman–Crippen MR) is 92.0 cm³/mol. The minimum atomic E-state index is -0.323. The fourth-order valence-corrected chi connectivity index (χ4v) is 3.83. The van der Waals surface area contributed by atoms with Crippen molar-refractivity contribution in [3.05, 3.63) is 58.3 Å². The molecule has 1 unspecified atom stereocenters. The van der Waals surface area contributed by atoms with Gasteiger partial charge in [-0.3, -0.25) is 9.48 Å². The quantitative estimate of drug-likeness (QED) is 0.713. The Morgan fingerprint density at radius 1 is 1.27 bits per heavy atom. The van der Waals surface area contributed by atoms with Gasteiger partial charge in [-0.2, -0.15) is 5.10 Å². The summed E-state index contributed by atoms with van der Waals surface area (Å²) in [4.78, 5) is 12.9. The summed E-state index contributed by atoms with van der Waals surface area (Å²) >= 11 is 0. The van der Waals surface area contributed by atoms with Crippen LogP contribution in [0.3, 0.4) is 0 Å². The molecule has 2 fully saturated rings. The number of aromatic nitrogens is 5. The summed E-state index contributed by atoms with van der Waals surface area (Å²) in [5, 5.41) is 12.7. The zero-order valence-electron chi connectivity index (χ0n) is 13.9. The number of fused-ring (bicyclic) bond motifs is 2. The van der Waals surface area contributed by atoms with Crippen LogP contribution in [0.25, 0.3) is 17.1 Å². The Hall–Kier alpha value is -2.87. The first-order chi connectivity index (χ1) is 12.7. The maximum atomic E-state index is 14.0. The Morgan fingerprint density at radius 3 is 2.77 bits per heavy atom. The highest BCUT2D eigenvalue weighted by Gasteiger charge is 2.56. The number of nitrogens with zero attached hydrogens (tertiary/aromatic N) is 5. The summed E-state index contributed by atoms with van der Waals surface area (Å²) in [7, 11) is 0. The molecule has 2 aliphatic rings. The lowest BCUT2D eigenvalue weighted by molar-refractivity contribution is 0.149. The van der Waals surface area contributed by atoms with Gasteiger partial charge in [0.1, 0.15) is 11.3 Å². The lowest BCUT2D eigenvalue weighted by Gasteiger charge is -2.05. The average molecular weight is 353 g/mol. The van der Waals surface area contributed by atoms with Crippen molar-refractivity contribution in [1.82, 2.24) is 24.8 Å². The van der Waals surface area contributed by atoms with Crippen LogP contribution in [0.2, 0.25) is 0 Å². The second-order valence-corrected chi connectivity index (χ2v) is 6.73. The largest absolute Gasteiger partial charge is 0.381 e. The highest BCUT2D eigenvalue weighted by atomic mass is 19.1. The van der Waals surface area contributed by atoms with E-state index in [2.05, 4.69) is 22.0 Å². The molecule has 132 valence electrons. The van der Waals surface area contributed by atoms with Crippen molar-refractivity contribution in [2.45, 2.75) is 12.6 Å². The maximum Gasteiger partial charge on any atom is 0.298 e. The van der Waals surface area contributed by atoms with Crippen LogP contribution in [0, 0.1) is 17.7 Å². The van der Waals surface area contributed by atoms with E-state index in [1.165, 1.54) is 10.7 Å². The molecule has 0 N–H and O–H groups in total. The van der Waals surface area contributed by atoms with E-state index in [4.69, 9.17) is 4.74 Å². The summed E-state index contributed by atoms with van der Waals surface area (Å²) in [6, 6.07) is 6.51. The van der Waals surface area contributed by atoms with Crippen molar-refractivity contribution >= 4 is 17.1 Å². The smallest absolute Gasteiger partial charge is 0.298 e. The average Bonchev–Trinajstić information content (AvgIpc) is 2.98. The van der Waals surface area contributed by atoms with Crippen molar-refractivity contribution in [3.63, 3.8) is 0 Å². The number of ether oxygens (including phenoxy) is 1. The van der Waals surface area contributed by atoms with Crippen LogP contribution < -0.4 is 5.56 Å². The third kappa shape index (κ3) is 2.15. The van der Waals surface area contributed by atoms with Gasteiger partial charge in [-0.25, -0.2) is 9.07 Å². The molecule has 1 aromatic carbocycles. The van der Waals surface area contributed by atoms with Gasteiger partial charge in [0.25, 0.3) is 5.56 Å². The molecule has 0 amide bonds. The second-order valence-electron chi connectivity index (χ2n) is 6.73. The van der Waals surface area contributed by atoms with Crippen molar-refractivity contribution in [3.8, 4) is 0 Å². The molecule has 3 atom stereocenters. The highest BCUT2D eigenvalue weighted by molar-refractivity contribution is 5.81. The van der Waals surface area contributed by atoms with Crippen LogP contribution in [0.15, 0.2) is 35.6 Å². The van der Waals surface area contributed by atoms with Gasteiger partial charge in [0, 0.05) is 17.4 Å². The molecule has 0 bridgehead atoms. The number of rotatable bonds is 4. The molecule has 3 aromatic rings. The molecule has 2 aromatic heterocycles. The lowest BCUT2D eigenvalue weighted by Crippen LogP contribution is -2.26. The van der Waals surface area contributed by atoms with E-state index < -0.39 is 0 Å². The molecule has 0 spiro atoms. The van der Waals surface area contributed by atoms with E-state index in [9.17, 15) is 9.18 Å². The zero-order valence-corrected chi connectivity index (χ0v) is 13.9. The van der Waals surface area contributed by atoms with Gasteiger partial charge in [-0.15, -0.1) is 5.10 Å². The van der Waals surface area contributed by atoms with Crippen LogP contribution >= 0.6 is 0 Å². The first kappa shape index (κ1) is 15.4. The topological polar surface area (TPSA) is 74.8 Å². The maximum absolute atomic E-state index is 14.0. The molecule has 8 heteroatoms. The van der Waals surface area contributed by atoms with Crippen molar-refractivity contribution < 1.29 is 9.13 Å². The third-order valence-electron chi connectivity index (χ3n) is 5.28. The van der Waals surface area contributed by atoms with Crippen LogP contribution in [0.1, 0.15) is 17.3 Å². The monoisotopic (exact) mass is 353 g/mol. The van der Waals surface area contributed by atoms with Gasteiger partial charge >= 0.3 is 0 Å². The number of hydrogen-bond acceptors (Lipinski definition) is 5. The fraction of sp³-hybridized carbons (Fsp3) is 0.333. The number of hydrogen-bond donors (Lipinski definition) is 0. The van der Waals surface area contributed by atoms with E-state index in [0.717, 1.165) is 0 Å². The lowest BCUT2D eigenvalue weighted by atomic mass is 10.2. The predicted octanol–water partition coefficient (Wildman–Crippen LogP) is 1.64. The van der Waals surface area contributed by atoms with Crippen LogP contribution in [-0.2, 0) is 11.3 Å². The molecule has 1 aliphatic heterocycles. The standard InChI is InChI=1S/C18H16FN5O2/c1-2-14-15-16(21-23(14)7-10-5-3-4-6-13(10)19)18(25)24(22-20-15)17-11-8-26-9-12(11)17/h2-6,11-12,17H,1,7-9H2/t11-,12+,17?. The Bertz CT molecular complexity index is 1080. The molecule has 1 aliphatic carbocycles. The van der Waals surface area contributed by atoms with Gasteiger partial charge in [-0.05, 0) is 12.1 Å². The highest BCUT2D eigenvalue weighted by Crippen LogP contribution is 2.53. The Labute approximate surface area is 147 Å². The summed E-state index contributed by atoms with van der Waals surface area (Å²) in [5.41, 5.74) is 1.38. The SMILES string of the molecule is C=Cc1c2nnn(C3[C@H]4COC[C@@H]34)c(=O)c2nn1Cc1ccccc1F. The normalized spacial score (nSPS) is 24.0. The first-order valence-corrected chi connectivity index (χ1v) is 8.48. The van der Waals surface area contributed by atoms with E-state index >= 15 is 0 Å². The van der Waals surface area contributed by atoms with Gasteiger partial charge < -0.3 is 4.74 Å². The molecule has 1 saturated heterocycles. The van der Waals surface area contributed by atoms with Crippen LogP contribution in [0.5, 0.6) is 0 Å². The molecule has 5 rings (SSSR count). The number of halogens is 1. The third-order valence-corrected chi connectivity index (χ3v) is 5.28. The molecule has 3 heterocycles. The zero-order chi connectivity index (χ0) is 17.8. The summed E-state index contributed by atoms with van der Waals surface area (Å²) in [5.74, 6) is 0.342. The fourth-order valence-electron chi connectivity index (χ4n) is 3.83.